The van der Waals surface area contributed by atoms with Gasteiger partial charge in [-0.1, -0.05) is 54.6 Å². The first-order valence-electron chi connectivity index (χ1n) is 6.46. The van der Waals surface area contributed by atoms with Crippen LogP contribution in [0.5, 0.6) is 5.75 Å². The van der Waals surface area contributed by atoms with E-state index >= 15 is 0 Å². The lowest BCUT2D eigenvalue weighted by Gasteiger charge is -2.15. The van der Waals surface area contributed by atoms with Crippen molar-refractivity contribution in [2.45, 2.75) is 13.8 Å². The highest BCUT2D eigenvalue weighted by Gasteiger charge is 2.14. The molecule has 3 aromatic carbocycles. The maximum atomic E-state index is 10.3. The third-order valence-corrected chi connectivity index (χ3v) is 3.81. The van der Waals surface area contributed by atoms with E-state index in [1.807, 2.05) is 43.3 Å². The van der Waals surface area contributed by atoms with E-state index in [1.54, 1.807) is 0 Å². The normalized spacial score (nSPS) is 10.8. The molecular formula is C18H16O. The van der Waals surface area contributed by atoms with Crippen molar-refractivity contribution in [3.63, 3.8) is 0 Å². The monoisotopic (exact) mass is 248 g/mol. The van der Waals surface area contributed by atoms with E-state index in [1.165, 1.54) is 11.1 Å². The number of benzene rings is 3. The predicted molar refractivity (Wildman–Crippen MR) is 80.5 cm³/mol. The minimum Gasteiger partial charge on any atom is -0.507 e. The highest BCUT2D eigenvalue weighted by atomic mass is 16.3. The topological polar surface area (TPSA) is 20.2 Å². The van der Waals surface area contributed by atoms with E-state index in [4.69, 9.17) is 0 Å². The first-order chi connectivity index (χ1) is 9.20. The molecule has 3 rings (SSSR count). The largest absolute Gasteiger partial charge is 0.507 e. The SMILES string of the molecule is Cc1c(C)c(-c2ccccc2)c2ccccc2c1O. The molecule has 0 fully saturated rings. The molecule has 0 atom stereocenters. The summed E-state index contributed by atoms with van der Waals surface area (Å²) in [5.74, 6) is 0.396. The van der Waals surface area contributed by atoms with E-state index in [9.17, 15) is 5.11 Å². The van der Waals surface area contributed by atoms with Gasteiger partial charge in [0.1, 0.15) is 5.75 Å². The van der Waals surface area contributed by atoms with Crippen LogP contribution < -0.4 is 0 Å². The zero-order valence-electron chi connectivity index (χ0n) is 11.1. The van der Waals surface area contributed by atoms with Crippen molar-refractivity contribution < 1.29 is 5.11 Å². The molecule has 1 nitrogen and oxygen atoms in total. The Labute approximate surface area is 113 Å². The van der Waals surface area contributed by atoms with Gasteiger partial charge < -0.3 is 5.11 Å². The second kappa shape index (κ2) is 4.43. The summed E-state index contributed by atoms with van der Waals surface area (Å²) in [6.07, 6.45) is 0. The van der Waals surface area contributed by atoms with Gasteiger partial charge in [-0.15, -0.1) is 0 Å². The number of rotatable bonds is 1. The Bertz CT molecular complexity index is 742. The van der Waals surface area contributed by atoms with Crippen LogP contribution in [0.3, 0.4) is 0 Å². The van der Waals surface area contributed by atoms with Gasteiger partial charge in [0.05, 0.1) is 0 Å². The molecule has 0 bridgehead atoms. The van der Waals surface area contributed by atoms with E-state index in [2.05, 4.69) is 25.1 Å². The molecule has 0 amide bonds. The second-order valence-corrected chi connectivity index (χ2v) is 4.89. The van der Waals surface area contributed by atoms with Gasteiger partial charge in [0.2, 0.25) is 0 Å². The Morgan fingerprint density at radius 3 is 1.95 bits per heavy atom. The van der Waals surface area contributed by atoms with Crippen LogP contribution in [0.1, 0.15) is 11.1 Å². The smallest absolute Gasteiger partial charge is 0.126 e. The Kier molecular flexibility index (Phi) is 2.75. The van der Waals surface area contributed by atoms with Crippen molar-refractivity contribution >= 4 is 10.8 Å². The predicted octanol–water partition coefficient (Wildman–Crippen LogP) is 4.83. The van der Waals surface area contributed by atoms with Crippen LogP contribution in [0.2, 0.25) is 0 Å². The van der Waals surface area contributed by atoms with Crippen molar-refractivity contribution in [3.8, 4) is 16.9 Å². The summed E-state index contributed by atoms with van der Waals surface area (Å²) in [6.45, 7) is 4.05. The summed E-state index contributed by atoms with van der Waals surface area (Å²) in [6, 6.07) is 18.4. The third kappa shape index (κ3) is 1.78. The maximum absolute atomic E-state index is 10.3. The highest BCUT2D eigenvalue weighted by Crippen LogP contribution is 2.39. The molecule has 0 saturated heterocycles. The standard InChI is InChI=1S/C18H16O/c1-12-13(2)18(19)16-11-7-6-10-15(16)17(12)14-8-4-3-5-9-14/h3-11,19H,1-2H3. The molecule has 0 unspecified atom stereocenters. The summed E-state index contributed by atoms with van der Waals surface area (Å²) in [5.41, 5.74) is 4.51. The van der Waals surface area contributed by atoms with E-state index in [-0.39, 0.29) is 0 Å². The summed E-state index contributed by atoms with van der Waals surface area (Å²) < 4.78 is 0. The van der Waals surface area contributed by atoms with Gasteiger partial charge in [0, 0.05) is 5.39 Å². The van der Waals surface area contributed by atoms with Gasteiger partial charge >= 0.3 is 0 Å². The van der Waals surface area contributed by atoms with E-state index in [0.29, 0.717) is 5.75 Å². The maximum Gasteiger partial charge on any atom is 0.126 e. The van der Waals surface area contributed by atoms with Crippen molar-refractivity contribution in [1.29, 1.82) is 0 Å². The van der Waals surface area contributed by atoms with Crippen LogP contribution >= 0.6 is 0 Å². The van der Waals surface area contributed by atoms with Gasteiger partial charge in [-0.3, -0.25) is 0 Å². The lowest BCUT2D eigenvalue weighted by Crippen LogP contribution is -1.91. The highest BCUT2D eigenvalue weighted by molar-refractivity contribution is 6.02. The van der Waals surface area contributed by atoms with Crippen LogP contribution in [0.15, 0.2) is 54.6 Å². The number of hydrogen-bond donors (Lipinski definition) is 1. The summed E-state index contributed by atoms with van der Waals surface area (Å²) >= 11 is 0. The number of fused-ring (bicyclic) bond motifs is 1. The molecule has 3 aromatic rings. The van der Waals surface area contributed by atoms with Crippen LogP contribution in [0.4, 0.5) is 0 Å². The Morgan fingerprint density at radius 1 is 0.684 bits per heavy atom. The average molecular weight is 248 g/mol. The molecule has 0 aliphatic heterocycles. The van der Waals surface area contributed by atoms with Crippen molar-refractivity contribution in [2.75, 3.05) is 0 Å². The fourth-order valence-corrected chi connectivity index (χ4v) is 2.65. The van der Waals surface area contributed by atoms with Crippen LogP contribution in [0, 0.1) is 13.8 Å². The van der Waals surface area contributed by atoms with Crippen LogP contribution in [-0.2, 0) is 0 Å². The fourth-order valence-electron chi connectivity index (χ4n) is 2.65. The van der Waals surface area contributed by atoms with Gasteiger partial charge in [-0.25, -0.2) is 0 Å². The Balaban J connectivity index is 2.48. The lowest BCUT2D eigenvalue weighted by molar-refractivity contribution is 0.477. The number of phenolic OH excluding ortho intramolecular Hbond substituents is 1. The van der Waals surface area contributed by atoms with Gasteiger partial charge in [0.15, 0.2) is 0 Å². The lowest BCUT2D eigenvalue weighted by atomic mass is 9.90. The summed E-state index contributed by atoms with van der Waals surface area (Å²) in [5, 5.41) is 12.3. The molecule has 0 aliphatic rings. The molecule has 0 saturated carbocycles. The molecule has 0 radical (unpaired) electrons. The van der Waals surface area contributed by atoms with Crippen molar-refractivity contribution in [1.82, 2.24) is 0 Å². The van der Waals surface area contributed by atoms with Gasteiger partial charge in [0.25, 0.3) is 0 Å². The van der Waals surface area contributed by atoms with Crippen LogP contribution in [-0.4, -0.2) is 5.11 Å². The molecule has 19 heavy (non-hydrogen) atoms. The van der Waals surface area contributed by atoms with Crippen molar-refractivity contribution in [3.05, 3.63) is 65.7 Å². The minimum absolute atomic E-state index is 0.396. The molecule has 0 spiro atoms. The molecular weight excluding hydrogens is 232 g/mol. The fraction of sp³-hybridized carbons (Fsp3) is 0.111. The first kappa shape index (κ1) is 11.8. The number of phenols is 1. The van der Waals surface area contributed by atoms with Crippen LogP contribution in [0.25, 0.3) is 21.9 Å². The van der Waals surface area contributed by atoms with E-state index in [0.717, 1.165) is 21.9 Å². The molecule has 1 heteroatoms. The second-order valence-electron chi connectivity index (χ2n) is 4.89. The minimum atomic E-state index is 0.396. The zero-order chi connectivity index (χ0) is 13.4. The molecule has 0 heterocycles. The molecule has 0 aliphatic carbocycles. The molecule has 1 N–H and O–H groups in total. The Morgan fingerprint density at radius 2 is 1.26 bits per heavy atom. The summed E-state index contributed by atoms with van der Waals surface area (Å²) in [4.78, 5) is 0. The number of hydrogen-bond acceptors (Lipinski definition) is 1. The Hall–Kier alpha value is -2.28. The summed E-state index contributed by atoms with van der Waals surface area (Å²) in [7, 11) is 0. The molecule has 94 valence electrons. The van der Waals surface area contributed by atoms with Crippen molar-refractivity contribution in [2.24, 2.45) is 0 Å². The quantitative estimate of drug-likeness (QED) is 0.654. The number of aromatic hydroxyl groups is 1. The van der Waals surface area contributed by atoms with Gasteiger partial charge in [-0.2, -0.15) is 0 Å². The third-order valence-electron chi connectivity index (χ3n) is 3.81. The average Bonchev–Trinajstić information content (AvgIpc) is 2.46. The zero-order valence-corrected chi connectivity index (χ0v) is 11.1. The van der Waals surface area contributed by atoms with Gasteiger partial charge in [-0.05, 0) is 41.5 Å². The van der Waals surface area contributed by atoms with E-state index < -0.39 is 0 Å². The molecule has 0 aromatic heterocycles. The first-order valence-corrected chi connectivity index (χ1v) is 6.46.